The highest BCUT2D eigenvalue weighted by Crippen LogP contribution is 2.33. The lowest BCUT2D eigenvalue weighted by Gasteiger charge is -2.41. The topological polar surface area (TPSA) is 87.1 Å². The maximum atomic E-state index is 12.2. The number of aliphatic hydroxyl groups is 1. The van der Waals surface area contributed by atoms with Crippen molar-refractivity contribution in [2.45, 2.75) is 51.2 Å². The molecule has 1 aliphatic heterocycles. The van der Waals surface area contributed by atoms with Gasteiger partial charge >= 0.3 is 12.1 Å². The molecule has 0 saturated carbocycles. The molecule has 2 rings (SSSR count). The van der Waals surface area contributed by atoms with Gasteiger partial charge in [-0.2, -0.15) is 0 Å². The number of carbonyl (C=O) groups is 2. The SMILES string of the molecule is CCCCC(C(=O)O)C1(O)CCN(C(=O)OCc2ccccc2)CC1. The summed E-state index contributed by atoms with van der Waals surface area (Å²) < 4.78 is 5.30. The van der Waals surface area contributed by atoms with Crippen LogP contribution in [0.2, 0.25) is 0 Å². The van der Waals surface area contributed by atoms with Crippen LogP contribution in [0.15, 0.2) is 30.3 Å². The molecule has 0 aromatic heterocycles. The van der Waals surface area contributed by atoms with Crippen LogP contribution in [0.3, 0.4) is 0 Å². The Morgan fingerprint density at radius 2 is 1.88 bits per heavy atom. The number of aliphatic carboxylic acids is 1. The highest BCUT2D eigenvalue weighted by Gasteiger charge is 2.44. The molecule has 0 radical (unpaired) electrons. The molecule has 138 valence electrons. The van der Waals surface area contributed by atoms with Crippen LogP contribution in [-0.4, -0.2) is 45.9 Å². The highest BCUT2D eigenvalue weighted by atomic mass is 16.6. The van der Waals surface area contributed by atoms with Crippen molar-refractivity contribution in [3.05, 3.63) is 35.9 Å². The van der Waals surface area contributed by atoms with Gasteiger partial charge in [0, 0.05) is 13.1 Å². The van der Waals surface area contributed by atoms with Gasteiger partial charge in [-0.15, -0.1) is 0 Å². The summed E-state index contributed by atoms with van der Waals surface area (Å²) in [4.78, 5) is 25.2. The number of carboxylic acids is 1. The van der Waals surface area contributed by atoms with E-state index in [0.717, 1.165) is 18.4 Å². The van der Waals surface area contributed by atoms with E-state index in [2.05, 4.69) is 0 Å². The average molecular weight is 349 g/mol. The standard InChI is InChI=1S/C19H27NO5/c1-2-3-9-16(17(21)22)19(24)10-12-20(13-11-19)18(23)25-14-15-7-5-4-6-8-15/h4-8,16,24H,2-3,9-14H2,1H3,(H,21,22). The van der Waals surface area contributed by atoms with Crippen LogP contribution in [0, 0.1) is 5.92 Å². The Balaban J connectivity index is 1.86. The van der Waals surface area contributed by atoms with E-state index >= 15 is 0 Å². The lowest BCUT2D eigenvalue weighted by Crippen LogP contribution is -2.52. The van der Waals surface area contributed by atoms with E-state index in [4.69, 9.17) is 4.74 Å². The Morgan fingerprint density at radius 1 is 1.24 bits per heavy atom. The van der Waals surface area contributed by atoms with Crippen molar-refractivity contribution < 1.29 is 24.5 Å². The van der Waals surface area contributed by atoms with E-state index in [0.29, 0.717) is 19.5 Å². The summed E-state index contributed by atoms with van der Waals surface area (Å²) in [5.41, 5.74) is -0.341. The summed E-state index contributed by atoms with van der Waals surface area (Å²) in [7, 11) is 0. The molecule has 1 unspecified atom stereocenters. The molecule has 2 N–H and O–H groups in total. The van der Waals surface area contributed by atoms with Gasteiger partial charge in [-0.3, -0.25) is 4.79 Å². The second-order valence-electron chi connectivity index (χ2n) is 6.66. The summed E-state index contributed by atoms with van der Waals surface area (Å²) >= 11 is 0. The lowest BCUT2D eigenvalue weighted by atomic mass is 9.77. The molecule has 1 aromatic carbocycles. The summed E-state index contributed by atoms with van der Waals surface area (Å²) in [5, 5.41) is 20.2. The maximum absolute atomic E-state index is 12.2. The third-order valence-corrected chi connectivity index (χ3v) is 4.89. The number of ether oxygens (including phenoxy) is 1. The van der Waals surface area contributed by atoms with E-state index in [-0.39, 0.29) is 19.4 Å². The molecule has 25 heavy (non-hydrogen) atoms. The largest absolute Gasteiger partial charge is 0.481 e. The number of rotatable bonds is 7. The zero-order valence-corrected chi connectivity index (χ0v) is 14.7. The Bertz CT molecular complexity index is 566. The zero-order chi connectivity index (χ0) is 18.3. The van der Waals surface area contributed by atoms with Gasteiger partial charge < -0.3 is 19.8 Å². The number of hydrogen-bond donors (Lipinski definition) is 2. The molecule has 1 aliphatic rings. The number of carboxylic acid groups (broad SMARTS) is 1. The average Bonchev–Trinajstić information content (AvgIpc) is 2.61. The van der Waals surface area contributed by atoms with E-state index in [1.807, 2.05) is 37.3 Å². The molecule has 1 atom stereocenters. The summed E-state index contributed by atoms with van der Waals surface area (Å²) in [5.74, 6) is -1.74. The molecule has 1 heterocycles. The number of amides is 1. The fourth-order valence-electron chi connectivity index (χ4n) is 3.27. The molecule has 1 aromatic rings. The first-order chi connectivity index (χ1) is 12.0. The van der Waals surface area contributed by atoms with Gasteiger partial charge in [0.2, 0.25) is 0 Å². The van der Waals surface area contributed by atoms with Gasteiger partial charge in [0.25, 0.3) is 0 Å². The monoisotopic (exact) mass is 349 g/mol. The molecule has 0 bridgehead atoms. The van der Waals surface area contributed by atoms with Gasteiger partial charge in [0.1, 0.15) is 6.61 Å². The second-order valence-corrected chi connectivity index (χ2v) is 6.66. The van der Waals surface area contributed by atoms with Gasteiger partial charge in [-0.1, -0.05) is 50.1 Å². The van der Waals surface area contributed by atoms with Crippen molar-refractivity contribution >= 4 is 12.1 Å². The van der Waals surface area contributed by atoms with Crippen molar-refractivity contribution in [2.75, 3.05) is 13.1 Å². The zero-order valence-electron chi connectivity index (χ0n) is 14.7. The molecular weight excluding hydrogens is 322 g/mol. The lowest BCUT2D eigenvalue weighted by molar-refractivity contribution is -0.156. The van der Waals surface area contributed by atoms with Crippen molar-refractivity contribution in [3.8, 4) is 0 Å². The number of piperidine rings is 1. The Hall–Kier alpha value is -2.08. The smallest absolute Gasteiger partial charge is 0.410 e. The first-order valence-electron chi connectivity index (χ1n) is 8.87. The Kier molecular flexibility index (Phi) is 6.82. The van der Waals surface area contributed by atoms with E-state index in [1.165, 1.54) is 4.90 Å². The molecule has 1 saturated heterocycles. The van der Waals surface area contributed by atoms with Crippen LogP contribution in [0.25, 0.3) is 0 Å². The summed E-state index contributed by atoms with van der Waals surface area (Å²) in [6.07, 6.45) is 2.20. The van der Waals surface area contributed by atoms with Crippen molar-refractivity contribution in [2.24, 2.45) is 5.92 Å². The highest BCUT2D eigenvalue weighted by molar-refractivity contribution is 5.72. The summed E-state index contributed by atoms with van der Waals surface area (Å²) in [6, 6.07) is 9.42. The molecule has 0 spiro atoms. The minimum atomic E-state index is -1.25. The molecule has 6 nitrogen and oxygen atoms in total. The van der Waals surface area contributed by atoms with Crippen LogP contribution in [0.4, 0.5) is 4.79 Å². The van der Waals surface area contributed by atoms with Crippen LogP contribution >= 0.6 is 0 Å². The van der Waals surface area contributed by atoms with E-state index in [9.17, 15) is 19.8 Å². The van der Waals surface area contributed by atoms with Crippen LogP contribution in [0.1, 0.15) is 44.6 Å². The third kappa shape index (κ3) is 5.19. The fourth-order valence-corrected chi connectivity index (χ4v) is 3.27. The number of nitrogens with zero attached hydrogens (tertiary/aromatic N) is 1. The van der Waals surface area contributed by atoms with Crippen molar-refractivity contribution in [1.82, 2.24) is 4.90 Å². The predicted molar refractivity (Wildman–Crippen MR) is 93.0 cm³/mol. The number of unbranched alkanes of at least 4 members (excludes halogenated alkanes) is 1. The maximum Gasteiger partial charge on any atom is 0.410 e. The van der Waals surface area contributed by atoms with Gasteiger partial charge in [0.15, 0.2) is 0 Å². The third-order valence-electron chi connectivity index (χ3n) is 4.89. The van der Waals surface area contributed by atoms with Crippen LogP contribution in [-0.2, 0) is 16.1 Å². The first-order valence-corrected chi connectivity index (χ1v) is 8.87. The Morgan fingerprint density at radius 3 is 2.44 bits per heavy atom. The van der Waals surface area contributed by atoms with Gasteiger partial charge in [-0.25, -0.2) is 4.79 Å². The number of carbonyl (C=O) groups excluding carboxylic acids is 1. The van der Waals surface area contributed by atoms with Crippen molar-refractivity contribution in [3.63, 3.8) is 0 Å². The summed E-state index contributed by atoms with van der Waals surface area (Å²) in [6.45, 7) is 2.81. The Labute approximate surface area is 148 Å². The molecule has 6 heteroatoms. The molecule has 1 amide bonds. The van der Waals surface area contributed by atoms with Crippen LogP contribution in [0.5, 0.6) is 0 Å². The molecular formula is C19H27NO5. The molecule has 1 fully saturated rings. The predicted octanol–water partition coefficient (Wildman–Crippen LogP) is 3.04. The van der Waals surface area contributed by atoms with E-state index in [1.54, 1.807) is 0 Å². The minimum Gasteiger partial charge on any atom is -0.481 e. The number of benzene rings is 1. The normalized spacial score (nSPS) is 17.8. The van der Waals surface area contributed by atoms with E-state index < -0.39 is 23.6 Å². The fraction of sp³-hybridized carbons (Fsp3) is 0.579. The van der Waals surface area contributed by atoms with Crippen molar-refractivity contribution in [1.29, 1.82) is 0 Å². The molecule has 0 aliphatic carbocycles. The van der Waals surface area contributed by atoms with Crippen LogP contribution < -0.4 is 0 Å². The first kappa shape index (κ1) is 19.2. The number of likely N-dealkylation sites (tertiary alicyclic amines) is 1. The minimum absolute atomic E-state index is 0.203. The number of hydrogen-bond acceptors (Lipinski definition) is 4. The quantitative estimate of drug-likeness (QED) is 0.790. The van der Waals surface area contributed by atoms with Gasteiger partial charge in [0.05, 0.1) is 11.5 Å². The van der Waals surface area contributed by atoms with Gasteiger partial charge in [-0.05, 0) is 24.8 Å². The second kappa shape index (κ2) is 8.85.